The standard InChI is InChI=1S/C26H24ClN9O3S2/c1-17-4-5-18(13-22(17)33-26-29-10-8-21(32-26)19-3-2-9-28-14-19)25(37)30-15-20-16-36(35-34-20)12-11-31-41(38,39)24-7-6-23(27)40-24/h2-10,13-14,16,31H,11-12,15H2,1H3,(H,30,37)(H,29,32,33). The highest BCUT2D eigenvalue weighted by atomic mass is 35.5. The number of carbonyl (C=O) groups excluding carboxylic acids is 1. The van der Waals surface area contributed by atoms with E-state index in [1.807, 2.05) is 25.1 Å². The number of pyridine rings is 1. The molecule has 0 atom stereocenters. The third-order valence-electron chi connectivity index (χ3n) is 5.82. The van der Waals surface area contributed by atoms with E-state index in [9.17, 15) is 13.2 Å². The molecule has 1 aromatic carbocycles. The summed E-state index contributed by atoms with van der Waals surface area (Å²) in [5.74, 6) is 0.0973. The van der Waals surface area contributed by atoms with E-state index in [0.29, 0.717) is 27.2 Å². The number of aryl methyl sites for hydroxylation is 1. The van der Waals surface area contributed by atoms with Crippen LogP contribution in [0.15, 0.2) is 77.5 Å². The number of hydrogen-bond acceptors (Lipinski definition) is 10. The van der Waals surface area contributed by atoms with E-state index in [-0.39, 0.29) is 29.8 Å². The molecule has 4 heterocycles. The average Bonchev–Trinajstić information content (AvgIpc) is 3.63. The fourth-order valence-electron chi connectivity index (χ4n) is 3.72. The number of halogens is 1. The Morgan fingerprint density at radius 1 is 1.12 bits per heavy atom. The average molecular weight is 610 g/mol. The molecule has 0 aliphatic rings. The monoisotopic (exact) mass is 609 g/mol. The lowest BCUT2D eigenvalue weighted by molar-refractivity contribution is 0.0950. The second kappa shape index (κ2) is 12.5. The predicted octanol–water partition coefficient (Wildman–Crippen LogP) is 3.81. The molecule has 0 saturated carbocycles. The van der Waals surface area contributed by atoms with Gasteiger partial charge in [0, 0.05) is 41.9 Å². The Morgan fingerprint density at radius 2 is 2.00 bits per heavy atom. The van der Waals surface area contributed by atoms with Gasteiger partial charge in [-0.1, -0.05) is 22.9 Å². The SMILES string of the molecule is Cc1ccc(C(=O)NCc2cn(CCNS(=O)(=O)c3ccc(Cl)s3)nn2)cc1Nc1nccc(-c2cccnc2)n1. The highest BCUT2D eigenvalue weighted by Gasteiger charge is 2.16. The van der Waals surface area contributed by atoms with Crippen molar-refractivity contribution in [3.63, 3.8) is 0 Å². The first-order chi connectivity index (χ1) is 19.8. The van der Waals surface area contributed by atoms with E-state index in [2.05, 4.69) is 40.6 Å². The lowest BCUT2D eigenvalue weighted by Crippen LogP contribution is -2.27. The zero-order chi connectivity index (χ0) is 28.8. The van der Waals surface area contributed by atoms with Gasteiger partial charge in [-0.3, -0.25) is 14.5 Å². The molecule has 0 saturated heterocycles. The molecule has 0 aliphatic heterocycles. The molecule has 0 fully saturated rings. The van der Waals surface area contributed by atoms with Crippen molar-refractivity contribution in [3.8, 4) is 11.3 Å². The molecule has 3 N–H and O–H groups in total. The van der Waals surface area contributed by atoms with Gasteiger partial charge in [-0.2, -0.15) is 0 Å². The van der Waals surface area contributed by atoms with Gasteiger partial charge in [-0.15, -0.1) is 16.4 Å². The summed E-state index contributed by atoms with van der Waals surface area (Å²) in [6, 6.07) is 13.8. The topological polar surface area (TPSA) is 157 Å². The zero-order valence-electron chi connectivity index (χ0n) is 21.7. The highest BCUT2D eigenvalue weighted by Crippen LogP contribution is 2.25. The molecule has 0 spiro atoms. The fourth-order valence-corrected chi connectivity index (χ4v) is 6.27. The molecule has 12 nitrogen and oxygen atoms in total. The van der Waals surface area contributed by atoms with Crippen LogP contribution in [0.5, 0.6) is 0 Å². The summed E-state index contributed by atoms with van der Waals surface area (Å²) < 4.78 is 29.2. The molecular weight excluding hydrogens is 586 g/mol. The van der Waals surface area contributed by atoms with Crippen LogP contribution in [0.3, 0.4) is 0 Å². The molecule has 5 rings (SSSR count). The van der Waals surface area contributed by atoms with Crippen LogP contribution in [0, 0.1) is 6.92 Å². The first-order valence-corrected chi connectivity index (χ1v) is 15.0. The summed E-state index contributed by atoms with van der Waals surface area (Å²) >= 11 is 6.81. The summed E-state index contributed by atoms with van der Waals surface area (Å²) in [6.45, 7) is 2.44. The Bertz CT molecular complexity index is 1780. The van der Waals surface area contributed by atoms with Crippen molar-refractivity contribution in [2.24, 2.45) is 0 Å². The largest absolute Gasteiger partial charge is 0.346 e. The van der Waals surface area contributed by atoms with E-state index in [0.717, 1.165) is 28.2 Å². The predicted molar refractivity (Wildman–Crippen MR) is 155 cm³/mol. The van der Waals surface area contributed by atoms with Gasteiger partial charge in [0.05, 0.1) is 29.3 Å². The number of nitrogens with one attached hydrogen (secondary N) is 3. The zero-order valence-corrected chi connectivity index (χ0v) is 24.0. The maximum atomic E-state index is 12.9. The Morgan fingerprint density at radius 3 is 2.78 bits per heavy atom. The number of aromatic nitrogens is 6. The maximum absolute atomic E-state index is 12.9. The molecule has 0 unspecified atom stereocenters. The van der Waals surface area contributed by atoms with E-state index in [4.69, 9.17) is 11.6 Å². The number of thiophene rings is 1. The number of anilines is 2. The number of hydrogen-bond donors (Lipinski definition) is 3. The molecule has 4 aromatic heterocycles. The molecule has 5 aromatic rings. The van der Waals surface area contributed by atoms with Crippen LogP contribution in [0.4, 0.5) is 11.6 Å². The minimum absolute atomic E-state index is 0.112. The van der Waals surface area contributed by atoms with Crippen molar-refractivity contribution in [1.29, 1.82) is 0 Å². The molecule has 0 bridgehead atoms. The first kappa shape index (κ1) is 28.3. The van der Waals surface area contributed by atoms with Gasteiger partial charge < -0.3 is 10.6 Å². The van der Waals surface area contributed by atoms with Gasteiger partial charge in [-0.25, -0.2) is 23.1 Å². The van der Waals surface area contributed by atoms with Crippen LogP contribution in [-0.2, 0) is 23.1 Å². The Balaban J connectivity index is 1.16. The first-order valence-electron chi connectivity index (χ1n) is 12.3. The van der Waals surface area contributed by atoms with Crippen LogP contribution in [0.25, 0.3) is 11.3 Å². The van der Waals surface area contributed by atoms with Crippen molar-refractivity contribution in [1.82, 2.24) is 40.0 Å². The van der Waals surface area contributed by atoms with E-state index in [1.165, 1.54) is 16.8 Å². The third kappa shape index (κ3) is 7.29. The second-order valence-corrected chi connectivity index (χ2v) is 12.5. The Kier molecular flexibility index (Phi) is 8.64. The lowest BCUT2D eigenvalue weighted by Gasteiger charge is -2.11. The lowest BCUT2D eigenvalue weighted by atomic mass is 10.1. The van der Waals surface area contributed by atoms with Crippen molar-refractivity contribution in [3.05, 3.63) is 94.5 Å². The van der Waals surface area contributed by atoms with Crippen LogP contribution in [-0.4, -0.2) is 50.8 Å². The number of nitrogens with zero attached hydrogens (tertiary/aromatic N) is 6. The highest BCUT2D eigenvalue weighted by molar-refractivity contribution is 7.91. The molecule has 0 aliphatic carbocycles. The van der Waals surface area contributed by atoms with Gasteiger partial charge in [-0.05, 0) is 55.0 Å². The van der Waals surface area contributed by atoms with E-state index in [1.54, 1.807) is 43.0 Å². The summed E-state index contributed by atoms with van der Waals surface area (Å²) in [6.07, 6.45) is 6.73. The smallest absolute Gasteiger partial charge is 0.251 e. The molecule has 1 amide bonds. The van der Waals surface area contributed by atoms with Gasteiger partial charge >= 0.3 is 0 Å². The number of rotatable bonds is 11. The van der Waals surface area contributed by atoms with Gasteiger partial charge in [0.15, 0.2) is 0 Å². The van der Waals surface area contributed by atoms with E-state index < -0.39 is 10.0 Å². The molecule has 41 heavy (non-hydrogen) atoms. The van der Waals surface area contributed by atoms with Crippen molar-refractivity contribution in [2.45, 2.75) is 24.2 Å². The summed E-state index contributed by atoms with van der Waals surface area (Å²) in [5, 5.41) is 14.1. The number of benzene rings is 1. The summed E-state index contributed by atoms with van der Waals surface area (Å²) in [4.78, 5) is 25.9. The number of amides is 1. The minimum Gasteiger partial charge on any atom is -0.346 e. The molecular formula is C26H24ClN9O3S2. The van der Waals surface area contributed by atoms with Crippen LogP contribution in [0.2, 0.25) is 4.34 Å². The normalized spacial score (nSPS) is 11.4. The van der Waals surface area contributed by atoms with Crippen LogP contribution < -0.4 is 15.4 Å². The number of sulfonamides is 1. The van der Waals surface area contributed by atoms with Gasteiger partial charge in [0.1, 0.15) is 9.90 Å². The second-order valence-electron chi connectivity index (χ2n) is 8.77. The Labute approximate surface area is 244 Å². The van der Waals surface area contributed by atoms with Crippen molar-refractivity contribution >= 4 is 50.5 Å². The van der Waals surface area contributed by atoms with Gasteiger partial charge in [0.25, 0.3) is 5.91 Å². The Hall–Kier alpha value is -4.24. The molecule has 0 radical (unpaired) electrons. The van der Waals surface area contributed by atoms with Crippen molar-refractivity contribution in [2.75, 3.05) is 11.9 Å². The molecule has 15 heteroatoms. The minimum atomic E-state index is -3.65. The fraction of sp³-hybridized carbons (Fsp3) is 0.154. The van der Waals surface area contributed by atoms with Crippen LogP contribution in [0.1, 0.15) is 21.6 Å². The van der Waals surface area contributed by atoms with E-state index >= 15 is 0 Å². The van der Waals surface area contributed by atoms with Gasteiger partial charge in [0.2, 0.25) is 16.0 Å². The third-order valence-corrected chi connectivity index (χ3v) is 9.01. The summed E-state index contributed by atoms with van der Waals surface area (Å²) in [7, 11) is -3.65. The number of carbonyl (C=O) groups is 1. The van der Waals surface area contributed by atoms with Crippen LogP contribution >= 0.6 is 22.9 Å². The molecule has 210 valence electrons. The summed E-state index contributed by atoms with van der Waals surface area (Å²) in [5.41, 5.74) is 4.16. The quantitative estimate of drug-likeness (QED) is 0.203. The van der Waals surface area contributed by atoms with Crippen molar-refractivity contribution < 1.29 is 13.2 Å². The maximum Gasteiger partial charge on any atom is 0.251 e.